The van der Waals surface area contributed by atoms with Crippen LogP contribution in [0, 0.1) is 6.92 Å². The average molecular weight is 446 g/mol. The van der Waals surface area contributed by atoms with Gasteiger partial charge in [-0.1, -0.05) is 19.9 Å². The maximum Gasteiger partial charge on any atom is 0.262 e. The number of sulfonamides is 1. The number of nitrogens with one attached hydrogen (secondary N) is 2. The van der Waals surface area contributed by atoms with Crippen molar-refractivity contribution in [1.82, 2.24) is 4.31 Å². The Hall–Kier alpha value is -2.91. The minimum Gasteiger partial charge on any atom is -0.484 e. The number of fused-ring (bicyclic) bond motifs is 1. The molecule has 0 atom stereocenters. The number of aryl methyl sites for hydroxylation is 2. The molecule has 9 heteroatoms. The number of amides is 2. The van der Waals surface area contributed by atoms with Crippen molar-refractivity contribution in [2.24, 2.45) is 0 Å². The van der Waals surface area contributed by atoms with Crippen molar-refractivity contribution in [2.45, 2.75) is 38.5 Å². The van der Waals surface area contributed by atoms with Gasteiger partial charge in [0.1, 0.15) is 5.75 Å². The van der Waals surface area contributed by atoms with Crippen molar-refractivity contribution < 1.29 is 22.7 Å². The second-order valence-electron chi connectivity index (χ2n) is 7.27. The molecule has 0 saturated carbocycles. The van der Waals surface area contributed by atoms with Gasteiger partial charge in [0.25, 0.3) is 5.91 Å². The summed E-state index contributed by atoms with van der Waals surface area (Å²) in [5.74, 6) is 0.118. The molecule has 8 nitrogen and oxygen atoms in total. The van der Waals surface area contributed by atoms with E-state index in [-0.39, 0.29) is 17.4 Å². The highest BCUT2D eigenvalue weighted by Gasteiger charge is 2.22. The molecule has 0 fully saturated rings. The SMILES string of the molecule is CCN(CC)S(=O)(=O)c1ccc(C)c(NC(=O)COc2ccc3c(c2)CCC(=O)N3)c1. The van der Waals surface area contributed by atoms with Crippen LogP contribution in [0.2, 0.25) is 0 Å². The Morgan fingerprint density at radius 3 is 2.58 bits per heavy atom. The number of benzene rings is 2. The first-order valence-electron chi connectivity index (χ1n) is 10.2. The summed E-state index contributed by atoms with van der Waals surface area (Å²) < 4.78 is 32.5. The van der Waals surface area contributed by atoms with Crippen LogP contribution in [0.1, 0.15) is 31.4 Å². The van der Waals surface area contributed by atoms with Crippen LogP contribution in [0.5, 0.6) is 5.75 Å². The number of carbonyl (C=O) groups is 2. The summed E-state index contributed by atoms with van der Waals surface area (Å²) in [5, 5.41) is 5.53. The summed E-state index contributed by atoms with van der Waals surface area (Å²) in [6.07, 6.45) is 1.04. The van der Waals surface area contributed by atoms with Gasteiger partial charge < -0.3 is 15.4 Å². The fraction of sp³-hybridized carbons (Fsp3) is 0.364. The third kappa shape index (κ3) is 5.23. The molecule has 1 aliphatic heterocycles. The number of rotatable bonds is 8. The molecule has 0 unspecified atom stereocenters. The highest BCUT2D eigenvalue weighted by atomic mass is 32.2. The number of anilines is 2. The first kappa shape index (κ1) is 22.8. The van der Waals surface area contributed by atoms with E-state index in [4.69, 9.17) is 4.74 Å². The molecule has 31 heavy (non-hydrogen) atoms. The van der Waals surface area contributed by atoms with Gasteiger partial charge in [-0.3, -0.25) is 9.59 Å². The van der Waals surface area contributed by atoms with Gasteiger partial charge in [-0.05, 0) is 54.8 Å². The lowest BCUT2D eigenvalue weighted by atomic mass is 10.0. The predicted molar refractivity (Wildman–Crippen MR) is 119 cm³/mol. The maximum atomic E-state index is 12.8. The van der Waals surface area contributed by atoms with Crippen LogP contribution in [0.25, 0.3) is 0 Å². The summed E-state index contributed by atoms with van der Waals surface area (Å²) in [6, 6.07) is 9.95. The fourth-order valence-corrected chi connectivity index (χ4v) is 4.88. The van der Waals surface area contributed by atoms with Gasteiger partial charge in [0, 0.05) is 30.9 Å². The third-order valence-corrected chi connectivity index (χ3v) is 7.21. The first-order chi connectivity index (χ1) is 14.7. The van der Waals surface area contributed by atoms with Crippen LogP contribution >= 0.6 is 0 Å². The Labute approximate surface area is 182 Å². The van der Waals surface area contributed by atoms with E-state index in [1.807, 2.05) is 6.07 Å². The van der Waals surface area contributed by atoms with Gasteiger partial charge in [0.2, 0.25) is 15.9 Å². The lowest BCUT2D eigenvalue weighted by Gasteiger charge is -2.19. The van der Waals surface area contributed by atoms with E-state index in [1.165, 1.54) is 10.4 Å². The quantitative estimate of drug-likeness (QED) is 0.650. The van der Waals surface area contributed by atoms with E-state index in [0.29, 0.717) is 37.4 Å². The van der Waals surface area contributed by atoms with Crippen LogP contribution < -0.4 is 15.4 Å². The van der Waals surface area contributed by atoms with E-state index in [1.54, 1.807) is 45.0 Å². The lowest BCUT2D eigenvalue weighted by Crippen LogP contribution is -2.30. The molecule has 166 valence electrons. The van der Waals surface area contributed by atoms with Crippen molar-refractivity contribution in [3.8, 4) is 5.75 Å². The van der Waals surface area contributed by atoms with Gasteiger partial charge in [-0.15, -0.1) is 0 Å². The van der Waals surface area contributed by atoms with Crippen LogP contribution in [-0.4, -0.2) is 44.2 Å². The molecule has 2 N–H and O–H groups in total. The predicted octanol–water partition coefficient (Wildman–Crippen LogP) is 2.93. The normalized spacial score (nSPS) is 13.5. The standard InChI is InChI=1S/C22H27N3O5S/c1-4-25(5-2)31(28,29)18-9-6-15(3)20(13-18)24-22(27)14-30-17-8-10-19-16(12-17)7-11-21(26)23-19/h6,8-10,12-13H,4-5,7,11,14H2,1-3H3,(H,23,26)(H,24,27). The van der Waals surface area contributed by atoms with Crippen molar-refractivity contribution in [2.75, 3.05) is 30.3 Å². The van der Waals surface area contributed by atoms with E-state index in [2.05, 4.69) is 10.6 Å². The molecule has 0 aliphatic carbocycles. The van der Waals surface area contributed by atoms with Gasteiger partial charge >= 0.3 is 0 Å². The summed E-state index contributed by atoms with van der Waals surface area (Å²) in [6.45, 7) is 5.87. The van der Waals surface area contributed by atoms with Crippen molar-refractivity contribution >= 4 is 33.2 Å². The second-order valence-corrected chi connectivity index (χ2v) is 9.21. The summed E-state index contributed by atoms with van der Waals surface area (Å²) in [7, 11) is -3.62. The number of carbonyl (C=O) groups excluding carboxylic acids is 2. The Balaban J connectivity index is 1.67. The Morgan fingerprint density at radius 1 is 1.13 bits per heavy atom. The second kappa shape index (κ2) is 9.49. The molecule has 1 aliphatic rings. The zero-order valence-electron chi connectivity index (χ0n) is 17.9. The van der Waals surface area contributed by atoms with Gasteiger partial charge in [0.05, 0.1) is 4.90 Å². The monoisotopic (exact) mass is 445 g/mol. The summed E-state index contributed by atoms with van der Waals surface area (Å²) in [4.78, 5) is 24.0. The highest BCUT2D eigenvalue weighted by molar-refractivity contribution is 7.89. The number of nitrogens with zero attached hydrogens (tertiary/aromatic N) is 1. The molecule has 1 heterocycles. The van der Waals surface area contributed by atoms with Crippen LogP contribution in [-0.2, 0) is 26.0 Å². The zero-order chi connectivity index (χ0) is 22.6. The average Bonchev–Trinajstić information content (AvgIpc) is 2.74. The number of hydrogen-bond donors (Lipinski definition) is 2. The molecule has 0 aromatic heterocycles. The van der Waals surface area contributed by atoms with Crippen molar-refractivity contribution in [3.05, 3.63) is 47.5 Å². The summed E-state index contributed by atoms with van der Waals surface area (Å²) in [5.41, 5.74) is 2.89. The van der Waals surface area contributed by atoms with Crippen LogP contribution in [0.15, 0.2) is 41.3 Å². The third-order valence-electron chi connectivity index (χ3n) is 5.17. The maximum absolute atomic E-state index is 12.8. The molecule has 0 saturated heterocycles. The molecule has 0 bridgehead atoms. The Morgan fingerprint density at radius 2 is 1.87 bits per heavy atom. The van der Waals surface area contributed by atoms with Crippen molar-refractivity contribution in [1.29, 1.82) is 0 Å². The zero-order valence-corrected chi connectivity index (χ0v) is 18.7. The highest BCUT2D eigenvalue weighted by Crippen LogP contribution is 2.27. The van der Waals surface area contributed by atoms with Gasteiger partial charge in [-0.2, -0.15) is 4.31 Å². The Bertz CT molecular complexity index is 1090. The van der Waals surface area contributed by atoms with Gasteiger partial charge in [-0.25, -0.2) is 8.42 Å². The van der Waals surface area contributed by atoms with E-state index >= 15 is 0 Å². The molecule has 3 rings (SSSR count). The van der Waals surface area contributed by atoms with E-state index in [9.17, 15) is 18.0 Å². The summed E-state index contributed by atoms with van der Waals surface area (Å²) >= 11 is 0. The van der Waals surface area contributed by atoms with Gasteiger partial charge in [0.15, 0.2) is 6.61 Å². The molecular formula is C22H27N3O5S. The van der Waals surface area contributed by atoms with Crippen molar-refractivity contribution in [3.63, 3.8) is 0 Å². The smallest absolute Gasteiger partial charge is 0.262 e. The number of ether oxygens (including phenoxy) is 1. The lowest BCUT2D eigenvalue weighted by molar-refractivity contribution is -0.118. The number of hydrogen-bond acceptors (Lipinski definition) is 5. The first-order valence-corrected chi connectivity index (χ1v) is 11.6. The van der Waals surface area contributed by atoms with Crippen LogP contribution in [0.3, 0.4) is 0 Å². The molecule has 2 amide bonds. The molecule has 0 radical (unpaired) electrons. The largest absolute Gasteiger partial charge is 0.484 e. The minimum absolute atomic E-state index is 0.0128. The topological polar surface area (TPSA) is 105 Å². The molecule has 2 aromatic rings. The van der Waals surface area contributed by atoms with E-state index < -0.39 is 15.9 Å². The van der Waals surface area contributed by atoms with Crippen LogP contribution in [0.4, 0.5) is 11.4 Å². The fourth-order valence-electron chi connectivity index (χ4n) is 3.39. The minimum atomic E-state index is -3.62. The van der Waals surface area contributed by atoms with E-state index in [0.717, 1.165) is 16.8 Å². The molecular weight excluding hydrogens is 418 g/mol. The Kier molecular flexibility index (Phi) is 6.97. The molecule has 0 spiro atoms. The molecule has 2 aromatic carbocycles.